The maximum atomic E-state index is 5.49. The summed E-state index contributed by atoms with van der Waals surface area (Å²) in [5.74, 6) is 0.988. The SMILES string of the molecule is C=CCc1ccc(C)c(OCC)c1. The summed E-state index contributed by atoms with van der Waals surface area (Å²) in [4.78, 5) is 0. The lowest BCUT2D eigenvalue weighted by molar-refractivity contribution is 0.337. The van der Waals surface area contributed by atoms with E-state index in [1.807, 2.05) is 13.0 Å². The zero-order valence-corrected chi connectivity index (χ0v) is 8.34. The normalized spacial score (nSPS) is 9.69. The second-order valence-corrected chi connectivity index (χ2v) is 3.03. The Morgan fingerprint density at radius 1 is 1.46 bits per heavy atom. The highest BCUT2D eigenvalue weighted by Gasteiger charge is 1.99. The fourth-order valence-corrected chi connectivity index (χ4v) is 1.25. The Kier molecular flexibility index (Phi) is 3.56. The maximum Gasteiger partial charge on any atom is 0.122 e. The zero-order chi connectivity index (χ0) is 9.68. The molecular formula is C12H16O. The summed E-state index contributed by atoms with van der Waals surface area (Å²) in [5, 5.41) is 0. The Balaban J connectivity index is 2.89. The number of benzene rings is 1. The molecule has 1 aromatic carbocycles. The third-order valence-electron chi connectivity index (χ3n) is 1.93. The number of ether oxygens (including phenoxy) is 1. The van der Waals surface area contributed by atoms with Gasteiger partial charge in [-0.2, -0.15) is 0 Å². The van der Waals surface area contributed by atoms with Gasteiger partial charge in [0.25, 0.3) is 0 Å². The summed E-state index contributed by atoms with van der Waals surface area (Å²) < 4.78 is 5.49. The molecule has 0 atom stereocenters. The molecule has 70 valence electrons. The van der Waals surface area contributed by atoms with Gasteiger partial charge in [-0.15, -0.1) is 6.58 Å². The van der Waals surface area contributed by atoms with Crippen molar-refractivity contribution in [3.05, 3.63) is 42.0 Å². The van der Waals surface area contributed by atoms with E-state index in [9.17, 15) is 0 Å². The van der Waals surface area contributed by atoms with Crippen molar-refractivity contribution in [2.24, 2.45) is 0 Å². The predicted molar refractivity (Wildman–Crippen MR) is 56.2 cm³/mol. The van der Waals surface area contributed by atoms with Gasteiger partial charge >= 0.3 is 0 Å². The smallest absolute Gasteiger partial charge is 0.122 e. The predicted octanol–water partition coefficient (Wildman–Crippen LogP) is 3.12. The van der Waals surface area contributed by atoms with Crippen LogP contribution in [0.25, 0.3) is 0 Å². The highest BCUT2D eigenvalue weighted by molar-refractivity contribution is 5.37. The molecule has 0 aliphatic heterocycles. The van der Waals surface area contributed by atoms with Crippen LogP contribution in [0.1, 0.15) is 18.1 Å². The van der Waals surface area contributed by atoms with E-state index in [1.165, 1.54) is 11.1 Å². The van der Waals surface area contributed by atoms with Gasteiger partial charge in [0.2, 0.25) is 0 Å². The highest BCUT2D eigenvalue weighted by atomic mass is 16.5. The van der Waals surface area contributed by atoms with Gasteiger partial charge in [-0.25, -0.2) is 0 Å². The first-order valence-corrected chi connectivity index (χ1v) is 4.61. The number of hydrogen-bond acceptors (Lipinski definition) is 1. The minimum Gasteiger partial charge on any atom is -0.494 e. The van der Waals surface area contributed by atoms with Crippen molar-refractivity contribution in [3.63, 3.8) is 0 Å². The quantitative estimate of drug-likeness (QED) is 0.640. The van der Waals surface area contributed by atoms with Gasteiger partial charge in [0.15, 0.2) is 0 Å². The molecule has 0 bridgehead atoms. The van der Waals surface area contributed by atoms with Crippen molar-refractivity contribution >= 4 is 0 Å². The van der Waals surface area contributed by atoms with Crippen LogP contribution in [0, 0.1) is 6.92 Å². The van der Waals surface area contributed by atoms with Crippen LogP contribution < -0.4 is 4.74 Å². The third kappa shape index (κ3) is 2.62. The van der Waals surface area contributed by atoms with Crippen LogP contribution in [0.5, 0.6) is 5.75 Å². The van der Waals surface area contributed by atoms with Crippen molar-refractivity contribution in [1.29, 1.82) is 0 Å². The molecule has 0 radical (unpaired) electrons. The average Bonchev–Trinajstić information content (AvgIpc) is 2.12. The molecule has 0 heterocycles. The molecule has 1 heteroatoms. The molecule has 0 fully saturated rings. The first kappa shape index (κ1) is 9.85. The average molecular weight is 176 g/mol. The number of rotatable bonds is 4. The first-order valence-electron chi connectivity index (χ1n) is 4.61. The standard InChI is InChI=1S/C12H16O/c1-4-6-11-8-7-10(3)12(9-11)13-5-2/h4,7-9H,1,5-6H2,2-3H3. The number of hydrogen-bond donors (Lipinski definition) is 0. The van der Waals surface area contributed by atoms with E-state index >= 15 is 0 Å². The van der Waals surface area contributed by atoms with E-state index in [1.54, 1.807) is 0 Å². The number of aryl methyl sites for hydroxylation is 1. The summed E-state index contributed by atoms with van der Waals surface area (Å²) in [6, 6.07) is 6.28. The van der Waals surface area contributed by atoms with E-state index < -0.39 is 0 Å². The Bertz CT molecular complexity index is 289. The van der Waals surface area contributed by atoms with Crippen LogP contribution in [0.3, 0.4) is 0 Å². The molecule has 0 unspecified atom stereocenters. The molecule has 1 nitrogen and oxygen atoms in total. The van der Waals surface area contributed by atoms with Crippen LogP contribution in [0.2, 0.25) is 0 Å². The largest absolute Gasteiger partial charge is 0.494 e. The second kappa shape index (κ2) is 4.70. The van der Waals surface area contributed by atoms with Gasteiger partial charge in [0, 0.05) is 0 Å². The molecule has 0 aliphatic rings. The highest BCUT2D eigenvalue weighted by Crippen LogP contribution is 2.19. The van der Waals surface area contributed by atoms with Crippen LogP contribution in [-0.4, -0.2) is 6.61 Å². The topological polar surface area (TPSA) is 9.23 Å². The summed E-state index contributed by atoms with van der Waals surface area (Å²) in [6.07, 6.45) is 2.81. The molecule has 1 aromatic rings. The first-order chi connectivity index (χ1) is 6.27. The van der Waals surface area contributed by atoms with Crippen LogP contribution >= 0.6 is 0 Å². The Hall–Kier alpha value is -1.24. The van der Waals surface area contributed by atoms with Crippen molar-refractivity contribution in [2.45, 2.75) is 20.3 Å². The fourth-order valence-electron chi connectivity index (χ4n) is 1.25. The van der Waals surface area contributed by atoms with Gasteiger partial charge in [-0.3, -0.25) is 0 Å². The molecule has 0 saturated carbocycles. The summed E-state index contributed by atoms with van der Waals surface area (Å²) in [6.45, 7) is 8.49. The van der Waals surface area contributed by atoms with Gasteiger partial charge in [0.1, 0.15) is 5.75 Å². The Morgan fingerprint density at radius 2 is 2.23 bits per heavy atom. The second-order valence-electron chi connectivity index (χ2n) is 3.03. The van der Waals surface area contributed by atoms with Crippen LogP contribution in [0.15, 0.2) is 30.9 Å². The van der Waals surface area contributed by atoms with E-state index in [4.69, 9.17) is 4.74 Å². The Labute approximate surface area is 80.0 Å². The van der Waals surface area contributed by atoms with Gasteiger partial charge < -0.3 is 4.74 Å². The lowest BCUT2D eigenvalue weighted by Crippen LogP contribution is -1.95. The molecule has 0 saturated heterocycles. The molecule has 0 aliphatic carbocycles. The zero-order valence-electron chi connectivity index (χ0n) is 8.34. The maximum absolute atomic E-state index is 5.49. The molecule has 0 spiro atoms. The molecule has 0 N–H and O–H groups in total. The summed E-state index contributed by atoms with van der Waals surface area (Å²) in [7, 11) is 0. The third-order valence-corrected chi connectivity index (χ3v) is 1.93. The van der Waals surface area contributed by atoms with Crippen molar-refractivity contribution in [2.75, 3.05) is 6.61 Å². The fraction of sp³-hybridized carbons (Fsp3) is 0.333. The van der Waals surface area contributed by atoms with Crippen LogP contribution in [0.4, 0.5) is 0 Å². The van der Waals surface area contributed by atoms with Crippen LogP contribution in [-0.2, 0) is 6.42 Å². The lowest BCUT2D eigenvalue weighted by Gasteiger charge is -2.08. The van der Waals surface area contributed by atoms with Gasteiger partial charge in [0.05, 0.1) is 6.61 Å². The van der Waals surface area contributed by atoms with E-state index in [2.05, 4.69) is 31.7 Å². The molecule has 13 heavy (non-hydrogen) atoms. The molecule has 0 aromatic heterocycles. The summed E-state index contributed by atoms with van der Waals surface area (Å²) >= 11 is 0. The van der Waals surface area contributed by atoms with Gasteiger partial charge in [-0.05, 0) is 37.5 Å². The Morgan fingerprint density at radius 3 is 2.85 bits per heavy atom. The minimum atomic E-state index is 0.721. The van der Waals surface area contributed by atoms with E-state index in [0.717, 1.165) is 18.8 Å². The van der Waals surface area contributed by atoms with E-state index in [0.29, 0.717) is 0 Å². The van der Waals surface area contributed by atoms with Crippen molar-refractivity contribution < 1.29 is 4.74 Å². The van der Waals surface area contributed by atoms with Crippen molar-refractivity contribution in [1.82, 2.24) is 0 Å². The lowest BCUT2D eigenvalue weighted by atomic mass is 10.1. The molecule has 0 amide bonds. The molecule has 1 rings (SSSR count). The minimum absolute atomic E-state index is 0.721. The molecular weight excluding hydrogens is 160 g/mol. The van der Waals surface area contributed by atoms with E-state index in [-0.39, 0.29) is 0 Å². The summed E-state index contributed by atoms with van der Waals surface area (Å²) in [5.41, 5.74) is 2.44. The van der Waals surface area contributed by atoms with Crippen molar-refractivity contribution in [3.8, 4) is 5.75 Å². The monoisotopic (exact) mass is 176 g/mol. The van der Waals surface area contributed by atoms with Gasteiger partial charge in [-0.1, -0.05) is 18.2 Å². The number of allylic oxidation sites excluding steroid dienone is 1.